The van der Waals surface area contributed by atoms with Gasteiger partial charge in [-0.1, -0.05) is 27.5 Å². The number of rotatable bonds is 5. The number of amides is 2. The van der Waals surface area contributed by atoms with E-state index in [-0.39, 0.29) is 17.7 Å². The monoisotopic (exact) mass is 705 g/mol. The van der Waals surface area contributed by atoms with Crippen LogP contribution >= 0.6 is 43.5 Å². The van der Waals surface area contributed by atoms with Gasteiger partial charge in [0.15, 0.2) is 0 Å². The smallest absolute Gasteiger partial charge is 0.410 e. The van der Waals surface area contributed by atoms with Crippen molar-refractivity contribution in [3.63, 3.8) is 0 Å². The maximum Gasteiger partial charge on any atom is 0.410 e. The number of halogens is 3. The molecule has 2 unspecified atom stereocenters. The molecule has 11 heteroatoms. The summed E-state index contributed by atoms with van der Waals surface area (Å²) in [5, 5.41) is 3.74. The lowest BCUT2D eigenvalue weighted by molar-refractivity contribution is -0.128. The number of aromatic nitrogens is 3. The van der Waals surface area contributed by atoms with E-state index in [9.17, 15) is 9.59 Å². The predicted octanol–water partition coefficient (Wildman–Crippen LogP) is 6.52. The fourth-order valence-electron chi connectivity index (χ4n) is 5.96. The van der Waals surface area contributed by atoms with Crippen LogP contribution in [0.3, 0.4) is 0 Å². The minimum atomic E-state index is -0.678. The Hall–Kier alpha value is -2.43. The van der Waals surface area contributed by atoms with E-state index in [1.54, 1.807) is 17.4 Å². The number of nitrogens with zero attached hydrogens (tertiary/aromatic N) is 4. The number of benzene rings is 1. The van der Waals surface area contributed by atoms with Crippen LogP contribution in [0.5, 0.6) is 0 Å². The van der Waals surface area contributed by atoms with E-state index in [2.05, 4.69) is 48.2 Å². The van der Waals surface area contributed by atoms with Gasteiger partial charge in [-0.2, -0.15) is 0 Å². The first-order chi connectivity index (χ1) is 19.5. The number of aryl methyl sites for hydroxylation is 2. The van der Waals surface area contributed by atoms with Crippen molar-refractivity contribution in [3.8, 4) is 0 Å². The first kappa shape index (κ1) is 30.0. The number of hydrogen-bond donors (Lipinski definition) is 1. The number of carbonyl (C=O) groups excluding carboxylic acids is 2. The molecule has 3 aromatic rings. The molecule has 3 heterocycles. The molecule has 2 amide bonds. The Balaban J connectivity index is 1.48. The first-order valence-electron chi connectivity index (χ1n) is 13.9. The minimum absolute atomic E-state index is 0.0554. The number of ether oxygens (including phenoxy) is 1. The second kappa shape index (κ2) is 12.4. The molecule has 0 spiro atoms. The summed E-state index contributed by atoms with van der Waals surface area (Å²) in [6.45, 7) is 6.93. The predicted molar refractivity (Wildman–Crippen MR) is 165 cm³/mol. The highest BCUT2D eigenvalue weighted by molar-refractivity contribution is 9.10. The van der Waals surface area contributed by atoms with Crippen LogP contribution in [0.1, 0.15) is 61.9 Å². The largest absolute Gasteiger partial charge is 0.444 e. The summed E-state index contributed by atoms with van der Waals surface area (Å²) in [4.78, 5) is 37.6. The lowest BCUT2D eigenvalue weighted by Crippen LogP contribution is -2.55. The Morgan fingerprint density at radius 3 is 2.68 bits per heavy atom. The third kappa shape index (κ3) is 6.97. The second-order valence-electron chi connectivity index (χ2n) is 11.7. The molecule has 2 aliphatic rings. The van der Waals surface area contributed by atoms with Crippen molar-refractivity contribution in [2.75, 3.05) is 13.1 Å². The Morgan fingerprint density at radius 2 is 1.95 bits per heavy atom. The van der Waals surface area contributed by atoms with E-state index in [1.165, 1.54) is 11.1 Å². The summed E-state index contributed by atoms with van der Waals surface area (Å²) in [5.41, 5.74) is 3.87. The maximum atomic E-state index is 13.7. The highest BCUT2D eigenvalue weighted by Crippen LogP contribution is 2.47. The van der Waals surface area contributed by atoms with Gasteiger partial charge in [0.1, 0.15) is 11.6 Å². The summed E-state index contributed by atoms with van der Waals surface area (Å²) in [6, 6.07) is 5.45. The molecular weight excluding hydrogens is 674 g/mol. The summed E-state index contributed by atoms with van der Waals surface area (Å²) in [7, 11) is 0. The molecule has 41 heavy (non-hydrogen) atoms. The number of pyridine rings is 1. The van der Waals surface area contributed by atoms with Gasteiger partial charge in [-0.15, -0.1) is 0 Å². The SMILES string of the molecule is CC(C)(C)OC(=O)N1CCC([C@H]2c3ncc(Br)cc3CCc3cc(Cl)cc(Br)c32)CC1C(=O)NCCn1ccnc1. The van der Waals surface area contributed by atoms with Crippen molar-refractivity contribution in [2.24, 2.45) is 5.92 Å². The molecule has 1 aliphatic heterocycles. The quantitative estimate of drug-likeness (QED) is 0.327. The molecule has 0 saturated carbocycles. The van der Waals surface area contributed by atoms with Crippen LogP contribution in [0.15, 0.2) is 52.1 Å². The van der Waals surface area contributed by atoms with E-state index < -0.39 is 17.7 Å². The normalized spacial score (nSPS) is 20.5. The minimum Gasteiger partial charge on any atom is -0.444 e. The van der Waals surface area contributed by atoms with Crippen molar-refractivity contribution >= 4 is 55.5 Å². The summed E-state index contributed by atoms with van der Waals surface area (Å²) < 4.78 is 9.52. The standard InChI is InChI=1S/C30H34Br2ClN5O3/c1-30(2,3)41-29(40)38-9-6-19(14-24(38)28(39)35-8-11-37-10-7-34-17-37)26-25-18(13-22(33)15-23(25)32)4-5-20-12-21(31)16-36-27(20)26/h7,10,12-13,15-17,19,24,26H,4-6,8-9,11,14H2,1-3H3,(H,35,39)/t19?,24?,26-/m1/s1. The number of piperidine rings is 1. The van der Waals surface area contributed by atoms with Gasteiger partial charge < -0.3 is 14.6 Å². The third-order valence-electron chi connectivity index (χ3n) is 7.69. The van der Waals surface area contributed by atoms with Crippen LogP contribution in [-0.4, -0.2) is 56.2 Å². The number of imidazole rings is 1. The van der Waals surface area contributed by atoms with Crippen LogP contribution in [0, 0.1) is 5.92 Å². The van der Waals surface area contributed by atoms with Gasteiger partial charge in [-0.3, -0.25) is 14.7 Å². The molecule has 1 aromatic carbocycles. The molecule has 3 atom stereocenters. The number of hydrogen-bond acceptors (Lipinski definition) is 5. The summed E-state index contributed by atoms with van der Waals surface area (Å²) in [6.07, 6.45) is 9.51. The van der Waals surface area contributed by atoms with Crippen LogP contribution in [0.4, 0.5) is 4.79 Å². The van der Waals surface area contributed by atoms with Crippen LogP contribution < -0.4 is 5.32 Å². The molecule has 0 bridgehead atoms. The second-order valence-corrected chi connectivity index (χ2v) is 13.9. The van der Waals surface area contributed by atoms with Crippen LogP contribution in [0.25, 0.3) is 0 Å². The van der Waals surface area contributed by atoms with Gasteiger partial charge in [0, 0.05) is 58.1 Å². The average Bonchev–Trinajstić information content (AvgIpc) is 3.36. The average molecular weight is 708 g/mol. The van der Waals surface area contributed by atoms with Crippen molar-refractivity contribution in [3.05, 3.63) is 79.5 Å². The number of nitrogens with one attached hydrogen (secondary N) is 1. The molecule has 1 aliphatic carbocycles. The zero-order chi connectivity index (χ0) is 29.3. The highest BCUT2D eigenvalue weighted by atomic mass is 79.9. The molecule has 218 valence electrons. The van der Waals surface area contributed by atoms with E-state index in [4.69, 9.17) is 21.3 Å². The van der Waals surface area contributed by atoms with E-state index in [1.807, 2.05) is 49.9 Å². The molecule has 0 radical (unpaired) electrons. The van der Waals surface area contributed by atoms with Crippen molar-refractivity contribution in [1.82, 2.24) is 24.8 Å². The van der Waals surface area contributed by atoms with Crippen molar-refractivity contribution in [2.45, 2.75) is 70.6 Å². The zero-order valence-corrected chi connectivity index (χ0v) is 27.3. The molecular formula is C30H34Br2ClN5O3. The maximum absolute atomic E-state index is 13.7. The fourth-order valence-corrected chi connectivity index (χ4v) is 7.46. The highest BCUT2D eigenvalue weighted by Gasteiger charge is 2.43. The molecule has 1 saturated heterocycles. The Bertz CT molecular complexity index is 1430. The van der Waals surface area contributed by atoms with E-state index >= 15 is 0 Å². The van der Waals surface area contributed by atoms with Gasteiger partial charge in [0.2, 0.25) is 5.91 Å². The van der Waals surface area contributed by atoms with E-state index in [0.29, 0.717) is 37.5 Å². The summed E-state index contributed by atoms with van der Waals surface area (Å²) >= 11 is 13.9. The van der Waals surface area contributed by atoms with Crippen LogP contribution in [0.2, 0.25) is 5.02 Å². The molecule has 5 rings (SSSR count). The third-order valence-corrected chi connectivity index (χ3v) is 9.00. The van der Waals surface area contributed by atoms with Gasteiger partial charge in [0.25, 0.3) is 0 Å². The lowest BCUT2D eigenvalue weighted by Gasteiger charge is -2.42. The van der Waals surface area contributed by atoms with Crippen LogP contribution in [-0.2, 0) is 28.9 Å². The Kier molecular flexibility index (Phi) is 9.11. The van der Waals surface area contributed by atoms with Gasteiger partial charge in [0.05, 0.1) is 12.0 Å². The number of likely N-dealkylation sites (tertiary alicyclic amines) is 1. The van der Waals surface area contributed by atoms with Crippen molar-refractivity contribution in [1.29, 1.82) is 0 Å². The number of carbonyl (C=O) groups is 2. The summed E-state index contributed by atoms with van der Waals surface area (Å²) in [5.74, 6) is -0.196. The molecule has 8 nitrogen and oxygen atoms in total. The van der Waals surface area contributed by atoms with Gasteiger partial charge in [-0.05, 0) is 103 Å². The van der Waals surface area contributed by atoms with Gasteiger partial charge in [-0.25, -0.2) is 9.78 Å². The van der Waals surface area contributed by atoms with E-state index in [0.717, 1.165) is 33.0 Å². The van der Waals surface area contributed by atoms with Crippen molar-refractivity contribution < 1.29 is 14.3 Å². The lowest BCUT2D eigenvalue weighted by atomic mass is 9.74. The molecule has 1 N–H and O–H groups in total. The molecule has 1 fully saturated rings. The topological polar surface area (TPSA) is 89.4 Å². The van der Waals surface area contributed by atoms with Gasteiger partial charge >= 0.3 is 6.09 Å². The fraction of sp³-hybridized carbons (Fsp3) is 0.467. The first-order valence-corrected chi connectivity index (χ1v) is 15.8. The Morgan fingerprint density at radius 1 is 1.17 bits per heavy atom. The number of fused-ring (bicyclic) bond motifs is 2. The molecule has 2 aromatic heterocycles. The zero-order valence-electron chi connectivity index (χ0n) is 23.4. The Labute approximate surface area is 262 Å².